The molecule has 0 aliphatic carbocycles. The zero-order valence-corrected chi connectivity index (χ0v) is 23.4. The van der Waals surface area contributed by atoms with Crippen molar-refractivity contribution in [3.63, 3.8) is 0 Å². The van der Waals surface area contributed by atoms with Gasteiger partial charge < -0.3 is 23.7 Å². The van der Waals surface area contributed by atoms with Gasteiger partial charge >= 0.3 is 5.97 Å². The fraction of sp³-hybridized carbons (Fsp3) is 0.194. The highest BCUT2D eigenvalue weighted by atomic mass is 32.1. The van der Waals surface area contributed by atoms with E-state index in [0.29, 0.717) is 43.6 Å². The first kappa shape index (κ1) is 26.4. The van der Waals surface area contributed by atoms with Crippen molar-refractivity contribution in [1.29, 1.82) is 0 Å². The number of nitrogens with zero attached hydrogens (tertiary/aromatic N) is 2. The third-order valence-corrected chi connectivity index (χ3v) is 7.77. The van der Waals surface area contributed by atoms with Crippen LogP contribution in [0.2, 0.25) is 0 Å². The van der Waals surface area contributed by atoms with Gasteiger partial charge in [0, 0.05) is 5.56 Å². The number of carbonyl (C=O) groups is 1. The molecule has 4 aromatic rings. The Bertz CT molecular complexity index is 1860. The topological polar surface area (TPSA) is 97.6 Å². The third kappa shape index (κ3) is 4.76. The van der Waals surface area contributed by atoms with E-state index in [9.17, 15) is 9.59 Å². The van der Waals surface area contributed by atoms with Gasteiger partial charge in [0.05, 0.1) is 42.7 Å². The van der Waals surface area contributed by atoms with E-state index in [1.165, 1.54) is 18.4 Å². The molecule has 0 N–H and O–H groups in total. The minimum atomic E-state index is -0.834. The number of ether oxygens (including phenoxy) is 5. The highest BCUT2D eigenvalue weighted by Gasteiger charge is 2.35. The fourth-order valence-corrected chi connectivity index (χ4v) is 5.93. The van der Waals surface area contributed by atoms with Crippen molar-refractivity contribution in [2.75, 3.05) is 27.6 Å². The molecule has 0 amide bonds. The monoisotopic (exact) mass is 570 g/mol. The first-order valence-corrected chi connectivity index (χ1v) is 13.7. The Morgan fingerprint density at radius 2 is 1.80 bits per heavy atom. The summed E-state index contributed by atoms with van der Waals surface area (Å²) in [7, 11) is 3.09. The molecule has 0 radical (unpaired) electrons. The summed E-state index contributed by atoms with van der Waals surface area (Å²) in [5, 5.41) is 0. The van der Waals surface area contributed by atoms with E-state index in [2.05, 4.69) is 0 Å². The zero-order chi connectivity index (χ0) is 28.5. The van der Waals surface area contributed by atoms with Crippen molar-refractivity contribution in [3.05, 3.63) is 109 Å². The average Bonchev–Trinajstić information content (AvgIpc) is 3.60. The van der Waals surface area contributed by atoms with Crippen LogP contribution in [0.1, 0.15) is 29.7 Å². The molecule has 9 nitrogen and oxygen atoms in total. The highest BCUT2D eigenvalue weighted by Crippen LogP contribution is 2.38. The van der Waals surface area contributed by atoms with E-state index in [0.717, 1.165) is 11.1 Å². The molecule has 41 heavy (non-hydrogen) atoms. The minimum absolute atomic E-state index is 0.158. The zero-order valence-electron chi connectivity index (χ0n) is 22.6. The van der Waals surface area contributed by atoms with Crippen molar-refractivity contribution < 1.29 is 28.5 Å². The maximum absolute atomic E-state index is 14.1. The van der Waals surface area contributed by atoms with Crippen molar-refractivity contribution in [2.24, 2.45) is 4.99 Å². The van der Waals surface area contributed by atoms with Crippen LogP contribution in [-0.2, 0) is 9.53 Å². The van der Waals surface area contributed by atoms with Crippen LogP contribution in [0.3, 0.4) is 0 Å². The lowest BCUT2D eigenvalue weighted by molar-refractivity contribution is -0.138. The lowest BCUT2D eigenvalue weighted by atomic mass is 9.93. The molecular weight excluding hydrogens is 544 g/mol. The Hall–Kier alpha value is -4.83. The summed E-state index contributed by atoms with van der Waals surface area (Å²) >= 11 is 1.25. The number of fused-ring (bicyclic) bond motifs is 2. The van der Waals surface area contributed by atoms with Gasteiger partial charge in [0.1, 0.15) is 0 Å². The van der Waals surface area contributed by atoms with Crippen LogP contribution in [0.15, 0.2) is 82.1 Å². The highest BCUT2D eigenvalue weighted by molar-refractivity contribution is 7.07. The Morgan fingerprint density at radius 1 is 1.02 bits per heavy atom. The molecule has 3 aromatic carbocycles. The summed E-state index contributed by atoms with van der Waals surface area (Å²) in [6, 6.07) is 19.4. The maximum atomic E-state index is 14.1. The van der Waals surface area contributed by atoms with Gasteiger partial charge in [0.25, 0.3) is 5.56 Å². The first-order valence-electron chi connectivity index (χ1n) is 12.9. The molecule has 0 saturated heterocycles. The van der Waals surface area contributed by atoms with Crippen LogP contribution in [0.5, 0.6) is 23.0 Å². The van der Waals surface area contributed by atoms with Gasteiger partial charge in [-0.25, -0.2) is 9.79 Å². The molecule has 1 aromatic heterocycles. The van der Waals surface area contributed by atoms with E-state index in [-0.39, 0.29) is 24.5 Å². The van der Waals surface area contributed by atoms with Crippen molar-refractivity contribution in [3.8, 4) is 23.0 Å². The summed E-state index contributed by atoms with van der Waals surface area (Å²) in [5.74, 6) is 1.71. The summed E-state index contributed by atoms with van der Waals surface area (Å²) in [6.07, 6.45) is 1.79. The van der Waals surface area contributed by atoms with E-state index in [4.69, 9.17) is 28.7 Å². The van der Waals surface area contributed by atoms with E-state index in [1.54, 1.807) is 36.8 Å². The van der Waals surface area contributed by atoms with Gasteiger partial charge in [-0.1, -0.05) is 53.8 Å². The summed E-state index contributed by atoms with van der Waals surface area (Å²) in [4.78, 5) is 33.0. The largest absolute Gasteiger partial charge is 0.493 e. The molecule has 2 aliphatic rings. The molecule has 0 saturated carbocycles. The predicted octanol–water partition coefficient (Wildman–Crippen LogP) is 3.68. The molecule has 1 unspecified atom stereocenters. The number of rotatable bonds is 7. The number of methoxy groups -OCH3 is 2. The SMILES string of the molecule is CCOC(=O)C1=C(c2ccccc2)N=c2sc(=Cc3ccc4c(c3)OCO4)c(=O)n2C1c1ccc(OC)c(OC)c1. The number of hydrogen-bond donors (Lipinski definition) is 0. The Morgan fingerprint density at radius 3 is 2.56 bits per heavy atom. The van der Waals surface area contributed by atoms with Gasteiger partial charge in [0.15, 0.2) is 27.8 Å². The summed E-state index contributed by atoms with van der Waals surface area (Å²) < 4.78 is 29.5. The molecule has 1 atom stereocenters. The van der Waals surface area contributed by atoms with E-state index in [1.807, 2.05) is 54.6 Å². The molecule has 2 aliphatic heterocycles. The molecule has 0 spiro atoms. The van der Waals surface area contributed by atoms with Crippen LogP contribution in [-0.4, -0.2) is 38.2 Å². The van der Waals surface area contributed by atoms with E-state index >= 15 is 0 Å². The van der Waals surface area contributed by atoms with Crippen molar-refractivity contribution >= 4 is 29.1 Å². The number of thiazole rings is 1. The normalized spacial score (nSPS) is 15.8. The number of hydrogen-bond acceptors (Lipinski definition) is 9. The van der Waals surface area contributed by atoms with Crippen LogP contribution in [0.25, 0.3) is 11.8 Å². The third-order valence-electron chi connectivity index (χ3n) is 6.79. The van der Waals surface area contributed by atoms with Crippen LogP contribution in [0.4, 0.5) is 0 Å². The molecule has 0 fully saturated rings. The second kappa shape index (κ2) is 11.0. The quantitative estimate of drug-likeness (QED) is 0.313. The van der Waals surface area contributed by atoms with Crippen LogP contribution >= 0.6 is 11.3 Å². The Kier molecular flexibility index (Phi) is 7.07. The maximum Gasteiger partial charge on any atom is 0.338 e. The molecule has 0 bridgehead atoms. The number of esters is 1. The molecule has 6 rings (SSSR count). The van der Waals surface area contributed by atoms with Gasteiger partial charge in [-0.2, -0.15) is 0 Å². The second-order valence-corrected chi connectivity index (χ2v) is 10.2. The fourth-order valence-electron chi connectivity index (χ4n) is 4.93. The summed E-state index contributed by atoms with van der Waals surface area (Å²) in [6.45, 7) is 2.06. The van der Waals surface area contributed by atoms with Gasteiger partial charge in [-0.15, -0.1) is 0 Å². The Labute approximate surface area is 239 Å². The van der Waals surface area contributed by atoms with Crippen LogP contribution in [0, 0.1) is 0 Å². The van der Waals surface area contributed by atoms with Gasteiger partial charge in [0.2, 0.25) is 6.79 Å². The molecule has 3 heterocycles. The standard InChI is InChI=1S/C31H26N2O7S/c1-4-38-30(35)26-27(19-8-6-5-7-9-19)32-31-33(28(26)20-11-13-21(36-2)23(16-20)37-3)29(34)25(41-31)15-18-10-12-22-24(14-18)40-17-39-22/h5-16,28H,4,17H2,1-3H3. The summed E-state index contributed by atoms with van der Waals surface area (Å²) in [5.41, 5.74) is 2.56. The van der Waals surface area contributed by atoms with Gasteiger partial charge in [-0.3, -0.25) is 9.36 Å². The molecule has 208 valence electrons. The smallest absolute Gasteiger partial charge is 0.338 e. The first-order chi connectivity index (χ1) is 20.0. The van der Waals surface area contributed by atoms with E-state index < -0.39 is 12.0 Å². The number of carbonyl (C=O) groups excluding carboxylic acids is 1. The van der Waals surface area contributed by atoms with Gasteiger partial charge in [-0.05, 0) is 48.4 Å². The predicted molar refractivity (Wildman–Crippen MR) is 153 cm³/mol. The number of benzene rings is 3. The Balaban J connectivity index is 1.63. The molecule has 10 heteroatoms. The van der Waals surface area contributed by atoms with Crippen molar-refractivity contribution in [2.45, 2.75) is 13.0 Å². The minimum Gasteiger partial charge on any atom is -0.493 e. The lowest BCUT2D eigenvalue weighted by Crippen LogP contribution is -2.40. The second-order valence-electron chi connectivity index (χ2n) is 9.16. The lowest BCUT2D eigenvalue weighted by Gasteiger charge is -2.26. The van der Waals surface area contributed by atoms with Crippen LogP contribution < -0.4 is 33.8 Å². The molecular formula is C31H26N2O7S. The van der Waals surface area contributed by atoms with Crippen molar-refractivity contribution in [1.82, 2.24) is 4.57 Å². The number of aromatic nitrogens is 1. The average molecular weight is 571 g/mol.